The van der Waals surface area contributed by atoms with Crippen molar-refractivity contribution in [3.63, 3.8) is 0 Å². The lowest BCUT2D eigenvalue weighted by Crippen LogP contribution is -2.60. The molecule has 0 atom stereocenters. The lowest BCUT2D eigenvalue weighted by atomic mass is 9.82. The SMILES string of the molecule is O=C1c2ccccc2C(=O)C1(c1cccc(Br)c1)N1CCN(Cc2ccccc2Cl)CC1. The van der Waals surface area contributed by atoms with E-state index in [-0.39, 0.29) is 11.6 Å². The van der Waals surface area contributed by atoms with Crippen molar-refractivity contribution in [3.05, 3.63) is 105 Å². The minimum atomic E-state index is -1.32. The van der Waals surface area contributed by atoms with Gasteiger partial charge in [0.2, 0.25) is 0 Å². The molecule has 32 heavy (non-hydrogen) atoms. The maximum Gasteiger partial charge on any atom is 0.196 e. The zero-order valence-corrected chi connectivity index (χ0v) is 19.8. The number of fused-ring (bicyclic) bond motifs is 1. The molecule has 1 heterocycles. The highest BCUT2D eigenvalue weighted by molar-refractivity contribution is 9.10. The quantitative estimate of drug-likeness (QED) is 0.454. The van der Waals surface area contributed by atoms with Crippen LogP contribution >= 0.6 is 27.5 Å². The van der Waals surface area contributed by atoms with E-state index in [0.29, 0.717) is 24.2 Å². The smallest absolute Gasteiger partial charge is 0.196 e. The molecule has 3 aromatic rings. The van der Waals surface area contributed by atoms with Gasteiger partial charge in [-0.25, -0.2) is 0 Å². The Bertz CT molecular complexity index is 1170. The van der Waals surface area contributed by atoms with Gasteiger partial charge >= 0.3 is 0 Å². The Morgan fingerprint density at radius 1 is 0.812 bits per heavy atom. The number of benzene rings is 3. The molecule has 1 fully saturated rings. The van der Waals surface area contributed by atoms with Crippen LogP contribution in [0.5, 0.6) is 0 Å². The molecule has 0 aromatic heterocycles. The maximum atomic E-state index is 13.8. The molecule has 162 valence electrons. The van der Waals surface area contributed by atoms with Gasteiger partial charge in [0.25, 0.3) is 0 Å². The van der Waals surface area contributed by atoms with Crippen molar-refractivity contribution < 1.29 is 9.59 Å². The summed E-state index contributed by atoms with van der Waals surface area (Å²) in [6.45, 7) is 3.47. The predicted octanol–water partition coefficient (Wildman–Crippen LogP) is 5.19. The second kappa shape index (κ2) is 8.56. The molecule has 0 radical (unpaired) electrons. The van der Waals surface area contributed by atoms with Crippen LogP contribution in [0.1, 0.15) is 31.8 Å². The van der Waals surface area contributed by atoms with Crippen molar-refractivity contribution in [2.75, 3.05) is 26.2 Å². The van der Waals surface area contributed by atoms with Gasteiger partial charge in [-0.05, 0) is 29.3 Å². The van der Waals surface area contributed by atoms with Crippen LogP contribution in [0.15, 0.2) is 77.3 Å². The lowest BCUT2D eigenvalue weighted by molar-refractivity contribution is 0.0279. The number of ketones is 2. The fraction of sp³-hybridized carbons (Fsp3) is 0.231. The van der Waals surface area contributed by atoms with Crippen molar-refractivity contribution in [2.24, 2.45) is 0 Å². The average Bonchev–Trinajstić information content (AvgIpc) is 3.04. The molecule has 0 N–H and O–H groups in total. The first-order valence-corrected chi connectivity index (χ1v) is 11.8. The highest BCUT2D eigenvalue weighted by Gasteiger charge is 2.58. The van der Waals surface area contributed by atoms with Crippen LogP contribution in [-0.2, 0) is 12.1 Å². The number of rotatable bonds is 4. The van der Waals surface area contributed by atoms with Gasteiger partial charge in [0, 0.05) is 53.3 Å². The number of piperazine rings is 1. The molecule has 2 aliphatic rings. The van der Waals surface area contributed by atoms with E-state index in [1.54, 1.807) is 12.1 Å². The van der Waals surface area contributed by atoms with Gasteiger partial charge in [0.1, 0.15) is 0 Å². The van der Waals surface area contributed by atoms with E-state index in [4.69, 9.17) is 11.6 Å². The number of hydrogen-bond acceptors (Lipinski definition) is 4. The third-order valence-corrected chi connectivity index (χ3v) is 7.38. The molecule has 1 aliphatic heterocycles. The minimum absolute atomic E-state index is 0.129. The first-order chi connectivity index (χ1) is 15.5. The Hall–Kier alpha value is -2.31. The molecule has 0 bridgehead atoms. The lowest BCUT2D eigenvalue weighted by Gasteiger charge is -2.44. The number of carbonyl (C=O) groups excluding carboxylic acids is 2. The maximum absolute atomic E-state index is 13.8. The predicted molar refractivity (Wildman–Crippen MR) is 129 cm³/mol. The van der Waals surface area contributed by atoms with Gasteiger partial charge in [-0.3, -0.25) is 19.4 Å². The zero-order chi connectivity index (χ0) is 22.3. The van der Waals surface area contributed by atoms with Crippen LogP contribution in [-0.4, -0.2) is 47.5 Å². The van der Waals surface area contributed by atoms with Gasteiger partial charge in [0.05, 0.1) is 0 Å². The Morgan fingerprint density at radius 2 is 1.44 bits per heavy atom. The fourth-order valence-electron chi connectivity index (χ4n) is 4.93. The molecule has 3 aromatic carbocycles. The van der Waals surface area contributed by atoms with E-state index < -0.39 is 5.54 Å². The molecule has 0 unspecified atom stereocenters. The number of Topliss-reactive ketones (excluding diaryl/α,β-unsaturated/α-hetero) is 2. The van der Waals surface area contributed by atoms with Crippen molar-refractivity contribution in [1.82, 2.24) is 9.80 Å². The van der Waals surface area contributed by atoms with E-state index in [1.165, 1.54) is 0 Å². The highest BCUT2D eigenvalue weighted by Crippen LogP contribution is 2.43. The molecule has 1 aliphatic carbocycles. The van der Waals surface area contributed by atoms with Crippen LogP contribution in [0.3, 0.4) is 0 Å². The Kier molecular flexibility index (Phi) is 5.76. The minimum Gasteiger partial charge on any atom is -0.296 e. The van der Waals surface area contributed by atoms with Crippen LogP contribution in [0.25, 0.3) is 0 Å². The van der Waals surface area contributed by atoms with Crippen molar-refractivity contribution in [1.29, 1.82) is 0 Å². The van der Waals surface area contributed by atoms with E-state index >= 15 is 0 Å². The van der Waals surface area contributed by atoms with Gasteiger partial charge in [-0.15, -0.1) is 0 Å². The molecular formula is C26H22BrClN2O2. The largest absolute Gasteiger partial charge is 0.296 e. The van der Waals surface area contributed by atoms with Crippen molar-refractivity contribution in [3.8, 4) is 0 Å². The summed E-state index contributed by atoms with van der Waals surface area (Å²) in [6, 6.07) is 22.6. The molecular weight excluding hydrogens is 488 g/mol. The monoisotopic (exact) mass is 508 g/mol. The summed E-state index contributed by atoms with van der Waals surface area (Å²) in [6.07, 6.45) is 0. The number of nitrogens with zero attached hydrogens (tertiary/aromatic N) is 2. The Morgan fingerprint density at radius 3 is 2.06 bits per heavy atom. The summed E-state index contributed by atoms with van der Waals surface area (Å²) >= 11 is 9.88. The van der Waals surface area contributed by atoms with E-state index in [1.807, 2.05) is 60.7 Å². The van der Waals surface area contributed by atoms with Gasteiger partial charge in [0.15, 0.2) is 17.1 Å². The summed E-state index contributed by atoms with van der Waals surface area (Å²) in [5.74, 6) is -0.258. The van der Waals surface area contributed by atoms with E-state index in [9.17, 15) is 9.59 Å². The summed E-state index contributed by atoms with van der Waals surface area (Å²) in [5.41, 5.74) is 1.51. The third kappa shape index (κ3) is 3.44. The second-order valence-corrected chi connectivity index (χ2v) is 9.60. The van der Waals surface area contributed by atoms with Crippen LogP contribution in [0.2, 0.25) is 5.02 Å². The summed E-state index contributed by atoms with van der Waals surface area (Å²) in [4.78, 5) is 32.1. The summed E-state index contributed by atoms with van der Waals surface area (Å²) in [5, 5.41) is 0.761. The Labute approximate surface area is 200 Å². The topological polar surface area (TPSA) is 40.6 Å². The summed E-state index contributed by atoms with van der Waals surface area (Å²) in [7, 11) is 0. The number of carbonyl (C=O) groups is 2. The van der Waals surface area contributed by atoms with E-state index in [0.717, 1.165) is 40.3 Å². The Balaban J connectivity index is 1.48. The second-order valence-electron chi connectivity index (χ2n) is 8.28. The first-order valence-electron chi connectivity index (χ1n) is 10.7. The molecule has 0 spiro atoms. The normalized spacial score (nSPS) is 18.7. The van der Waals surface area contributed by atoms with Gasteiger partial charge in [-0.2, -0.15) is 0 Å². The van der Waals surface area contributed by atoms with E-state index in [2.05, 4.69) is 25.7 Å². The molecule has 1 saturated heterocycles. The summed E-state index contributed by atoms with van der Waals surface area (Å²) < 4.78 is 0.850. The van der Waals surface area contributed by atoms with Gasteiger partial charge in [-0.1, -0.05) is 82.1 Å². The molecule has 5 rings (SSSR count). The average molecular weight is 510 g/mol. The standard InChI is InChI=1S/C26H22BrClN2O2/c27-20-8-5-7-19(16-20)26(24(31)21-9-2-3-10-22(21)25(26)32)30-14-12-29(13-15-30)17-18-6-1-4-11-23(18)28/h1-11,16H,12-15,17H2. The van der Waals surface area contributed by atoms with Crippen molar-refractivity contribution >= 4 is 39.1 Å². The number of halogens is 2. The van der Waals surface area contributed by atoms with Gasteiger partial charge < -0.3 is 0 Å². The van der Waals surface area contributed by atoms with Crippen LogP contribution < -0.4 is 0 Å². The van der Waals surface area contributed by atoms with Crippen LogP contribution in [0.4, 0.5) is 0 Å². The molecule has 0 saturated carbocycles. The molecule has 0 amide bonds. The highest BCUT2D eigenvalue weighted by atomic mass is 79.9. The third-order valence-electron chi connectivity index (χ3n) is 6.51. The molecule has 6 heteroatoms. The first kappa shape index (κ1) is 21.5. The van der Waals surface area contributed by atoms with Crippen LogP contribution in [0, 0.1) is 0 Å². The fourth-order valence-corrected chi connectivity index (χ4v) is 5.52. The zero-order valence-electron chi connectivity index (χ0n) is 17.4. The molecule has 4 nitrogen and oxygen atoms in total. The number of hydrogen-bond donors (Lipinski definition) is 0. The van der Waals surface area contributed by atoms with Crippen molar-refractivity contribution in [2.45, 2.75) is 12.1 Å².